The van der Waals surface area contributed by atoms with E-state index in [2.05, 4.69) is 31.3 Å². The van der Waals surface area contributed by atoms with Gasteiger partial charge >= 0.3 is 0 Å². The van der Waals surface area contributed by atoms with Gasteiger partial charge < -0.3 is 5.32 Å². The number of fused-ring (bicyclic) bond motifs is 1. The molecule has 1 heterocycles. The largest absolute Gasteiger partial charge is 0.321 e. The van der Waals surface area contributed by atoms with Crippen LogP contribution in [0.2, 0.25) is 0 Å². The van der Waals surface area contributed by atoms with Crippen LogP contribution in [0.3, 0.4) is 0 Å². The van der Waals surface area contributed by atoms with Crippen LogP contribution < -0.4 is 5.32 Å². The molecule has 0 atom stereocenters. The summed E-state index contributed by atoms with van der Waals surface area (Å²) in [7, 11) is 0. The Balaban J connectivity index is 1.79. The molecule has 0 saturated heterocycles. The van der Waals surface area contributed by atoms with Crippen LogP contribution in [0.5, 0.6) is 0 Å². The van der Waals surface area contributed by atoms with Crippen molar-refractivity contribution in [2.45, 2.75) is 19.8 Å². The highest BCUT2D eigenvalue weighted by Gasteiger charge is 2.10. The normalized spacial score (nSPS) is 11.0. The number of benzene rings is 2. The lowest BCUT2D eigenvalue weighted by Gasteiger charge is -2.07. The summed E-state index contributed by atoms with van der Waals surface area (Å²) in [6.45, 7) is 4.32. The van der Waals surface area contributed by atoms with Gasteiger partial charge in [-0.15, -0.1) is 11.3 Å². The number of hydrogen-bond acceptors (Lipinski definition) is 2. The highest BCUT2D eigenvalue weighted by atomic mass is 32.1. The molecule has 2 aromatic carbocycles. The van der Waals surface area contributed by atoms with Crippen molar-refractivity contribution in [1.29, 1.82) is 0 Å². The molecule has 3 heteroatoms. The molecule has 0 spiro atoms. The zero-order valence-electron chi connectivity index (χ0n) is 12.1. The van der Waals surface area contributed by atoms with Crippen LogP contribution in [-0.2, 0) is 0 Å². The third-order valence-electron chi connectivity index (χ3n) is 3.48. The average Bonchev–Trinajstić information content (AvgIpc) is 2.92. The third kappa shape index (κ3) is 2.98. The van der Waals surface area contributed by atoms with Crippen LogP contribution in [0.4, 0.5) is 5.69 Å². The minimum absolute atomic E-state index is 0.0477. The van der Waals surface area contributed by atoms with E-state index >= 15 is 0 Å². The van der Waals surface area contributed by atoms with Crippen molar-refractivity contribution in [1.82, 2.24) is 0 Å². The van der Waals surface area contributed by atoms with Crippen LogP contribution in [0, 0.1) is 0 Å². The Morgan fingerprint density at radius 3 is 2.43 bits per heavy atom. The summed E-state index contributed by atoms with van der Waals surface area (Å²) in [5.74, 6) is 0.450. The molecule has 106 valence electrons. The van der Waals surface area contributed by atoms with Crippen molar-refractivity contribution in [3.8, 4) is 0 Å². The molecule has 0 fully saturated rings. The smallest absolute Gasteiger partial charge is 0.265 e. The van der Waals surface area contributed by atoms with Crippen LogP contribution in [0.15, 0.2) is 54.6 Å². The Morgan fingerprint density at radius 2 is 1.76 bits per heavy atom. The number of anilines is 1. The lowest BCUT2D eigenvalue weighted by Crippen LogP contribution is -2.09. The molecule has 3 rings (SSSR count). The van der Waals surface area contributed by atoms with E-state index in [1.807, 2.05) is 42.5 Å². The van der Waals surface area contributed by atoms with Gasteiger partial charge in [-0.3, -0.25) is 4.79 Å². The summed E-state index contributed by atoms with van der Waals surface area (Å²) in [5.41, 5.74) is 2.11. The summed E-state index contributed by atoms with van der Waals surface area (Å²) in [6, 6.07) is 18.0. The lowest BCUT2D eigenvalue weighted by molar-refractivity contribution is 0.103. The number of hydrogen-bond donors (Lipinski definition) is 1. The molecule has 1 aromatic heterocycles. The van der Waals surface area contributed by atoms with Gasteiger partial charge in [-0.25, -0.2) is 0 Å². The molecule has 0 unspecified atom stereocenters. The standard InChI is InChI=1S/C18H17NOS/c1-12(2)13-7-9-15(10-8-13)19-18(20)17-11-14-5-3-4-6-16(14)21-17/h3-12H,1-2H3,(H,19,20). The first kappa shape index (κ1) is 13.8. The topological polar surface area (TPSA) is 29.1 Å². The van der Waals surface area contributed by atoms with E-state index in [9.17, 15) is 4.79 Å². The number of amides is 1. The highest BCUT2D eigenvalue weighted by Crippen LogP contribution is 2.26. The van der Waals surface area contributed by atoms with Crippen molar-refractivity contribution < 1.29 is 4.79 Å². The first-order chi connectivity index (χ1) is 10.1. The Bertz CT molecular complexity index is 738. The Morgan fingerprint density at radius 1 is 1.05 bits per heavy atom. The van der Waals surface area contributed by atoms with Gasteiger partial charge in [-0.1, -0.05) is 44.2 Å². The van der Waals surface area contributed by atoms with Gasteiger partial charge in [0.25, 0.3) is 5.91 Å². The fraction of sp³-hybridized carbons (Fsp3) is 0.167. The second-order valence-corrected chi connectivity index (χ2v) is 6.46. The average molecular weight is 295 g/mol. The third-order valence-corrected chi connectivity index (χ3v) is 4.60. The van der Waals surface area contributed by atoms with E-state index in [4.69, 9.17) is 0 Å². The maximum Gasteiger partial charge on any atom is 0.265 e. The molecule has 1 N–H and O–H groups in total. The molecule has 0 bridgehead atoms. The van der Waals surface area contributed by atoms with Gasteiger partial charge in [-0.2, -0.15) is 0 Å². The summed E-state index contributed by atoms with van der Waals surface area (Å²) < 4.78 is 1.14. The summed E-state index contributed by atoms with van der Waals surface area (Å²) in [6.07, 6.45) is 0. The van der Waals surface area contributed by atoms with E-state index in [-0.39, 0.29) is 5.91 Å². The van der Waals surface area contributed by atoms with Gasteiger partial charge in [0, 0.05) is 10.4 Å². The zero-order chi connectivity index (χ0) is 14.8. The first-order valence-electron chi connectivity index (χ1n) is 7.03. The quantitative estimate of drug-likeness (QED) is 0.700. The maximum absolute atomic E-state index is 12.3. The van der Waals surface area contributed by atoms with Crippen molar-refractivity contribution in [2.75, 3.05) is 5.32 Å². The van der Waals surface area contributed by atoms with Crippen molar-refractivity contribution >= 4 is 33.0 Å². The molecule has 0 aliphatic heterocycles. The Hall–Kier alpha value is -2.13. The summed E-state index contributed by atoms with van der Waals surface area (Å²) in [4.78, 5) is 13.0. The van der Waals surface area contributed by atoms with Crippen LogP contribution in [0.25, 0.3) is 10.1 Å². The predicted octanol–water partition coefficient (Wildman–Crippen LogP) is 5.28. The molecule has 0 aliphatic rings. The van der Waals surface area contributed by atoms with Gasteiger partial charge in [0.15, 0.2) is 0 Å². The van der Waals surface area contributed by atoms with E-state index in [1.54, 1.807) is 0 Å². The van der Waals surface area contributed by atoms with E-state index < -0.39 is 0 Å². The second-order valence-electron chi connectivity index (χ2n) is 5.38. The molecular formula is C18H17NOS. The number of carbonyl (C=O) groups is 1. The molecule has 0 radical (unpaired) electrons. The van der Waals surface area contributed by atoms with Gasteiger partial charge in [0.2, 0.25) is 0 Å². The minimum Gasteiger partial charge on any atom is -0.321 e. The highest BCUT2D eigenvalue weighted by molar-refractivity contribution is 7.20. The SMILES string of the molecule is CC(C)c1ccc(NC(=O)c2cc3ccccc3s2)cc1. The molecule has 3 aromatic rings. The lowest BCUT2D eigenvalue weighted by atomic mass is 10.0. The predicted molar refractivity (Wildman–Crippen MR) is 90.3 cm³/mol. The zero-order valence-corrected chi connectivity index (χ0v) is 12.9. The molecule has 0 saturated carbocycles. The number of rotatable bonds is 3. The van der Waals surface area contributed by atoms with Crippen molar-refractivity contribution in [3.63, 3.8) is 0 Å². The maximum atomic E-state index is 12.3. The van der Waals surface area contributed by atoms with E-state index in [1.165, 1.54) is 16.9 Å². The number of nitrogens with one attached hydrogen (secondary N) is 1. The van der Waals surface area contributed by atoms with Gasteiger partial charge in [0.05, 0.1) is 4.88 Å². The molecular weight excluding hydrogens is 278 g/mol. The van der Waals surface area contributed by atoms with E-state index in [0.717, 1.165) is 20.7 Å². The van der Waals surface area contributed by atoms with Gasteiger partial charge in [0.1, 0.15) is 0 Å². The molecule has 0 aliphatic carbocycles. The molecule has 2 nitrogen and oxygen atoms in total. The summed E-state index contributed by atoms with van der Waals surface area (Å²) >= 11 is 1.52. The van der Waals surface area contributed by atoms with E-state index in [0.29, 0.717) is 5.92 Å². The van der Waals surface area contributed by atoms with Gasteiger partial charge in [-0.05, 0) is 41.1 Å². The monoisotopic (exact) mass is 295 g/mol. The number of carbonyl (C=O) groups excluding carboxylic acids is 1. The van der Waals surface area contributed by atoms with Crippen molar-refractivity contribution in [3.05, 3.63) is 65.0 Å². The Labute approximate surface area is 128 Å². The fourth-order valence-electron chi connectivity index (χ4n) is 2.24. The fourth-order valence-corrected chi connectivity index (χ4v) is 3.20. The number of thiophene rings is 1. The minimum atomic E-state index is -0.0477. The van der Waals surface area contributed by atoms with Crippen LogP contribution >= 0.6 is 11.3 Å². The van der Waals surface area contributed by atoms with Crippen LogP contribution in [-0.4, -0.2) is 5.91 Å². The molecule has 1 amide bonds. The Kier molecular flexibility index (Phi) is 3.76. The molecule has 21 heavy (non-hydrogen) atoms. The first-order valence-corrected chi connectivity index (χ1v) is 7.85. The van der Waals surface area contributed by atoms with Crippen LogP contribution in [0.1, 0.15) is 35.0 Å². The van der Waals surface area contributed by atoms with Crippen molar-refractivity contribution in [2.24, 2.45) is 0 Å². The summed E-state index contributed by atoms with van der Waals surface area (Å²) in [5, 5.41) is 4.07. The second kappa shape index (κ2) is 5.70.